The zero-order valence-corrected chi connectivity index (χ0v) is 11.5. The fraction of sp³-hybridized carbons (Fsp3) is 0.929. The van der Waals surface area contributed by atoms with Crippen LogP contribution in [0.4, 0.5) is 0 Å². The number of carboxylic acid groups (broad SMARTS) is 1. The molecule has 0 aromatic rings. The van der Waals surface area contributed by atoms with Crippen molar-refractivity contribution in [2.45, 2.75) is 70.4 Å². The number of aliphatic hydroxyl groups excluding tert-OH is 1. The van der Waals surface area contributed by atoms with Gasteiger partial charge in [-0.3, -0.25) is 9.69 Å². The Morgan fingerprint density at radius 2 is 1.78 bits per heavy atom. The van der Waals surface area contributed by atoms with Gasteiger partial charge in [-0.25, -0.2) is 0 Å². The first-order chi connectivity index (χ1) is 8.65. The predicted octanol–water partition coefficient (Wildman–Crippen LogP) is 2.26. The molecule has 106 valence electrons. The van der Waals surface area contributed by atoms with Gasteiger partial charge in [0.1, 0.15) is 6.04 Å². The molecule has 0 aromatic carbocycles. The molecule has 1 saturated heterocycles. The average molecular weight is 257 g/mol. The van der Waals surface area contributed by atoms with E-state index in [2.05, 4.69) is 6.92 Å². The molecule has 18 heavy (non-hydrogen) atoms. The smallest absolute Gasteiger partial charge is 0.321 e. The van der Waals surface area contributed by atoms with Gasteiger partial charge in [-0.1, -0.05) is 45.4 Å². The van der Waals surface area contributed by atoms with E-state index in [1.165, 1.54) is 38.5 Å². The zero-order chi connectivity index (χ0) is 13.4. The summed E-state index contributed by atoms with van der Waals surface area (Å²) in [6.45, 7) is 3.54. The number of hydrogen-bond acceptors (Lipinski definition) is 3. The number of carboxylic acids is 1. The third kappa shape index (κ3) is 5.36. The van der Waals surface area contributed by atoms with Crippen LogP contribution in [0.2, 0.25) is 0 Å². The number of β-amino-alcohol motifs (C(OH)–C–C–N with tert-alkyl or cyclic N) is 1. The standard InChI is InChI=1S/C14H27NO3/c1-2-3-4-5-6-7-8-9-15-11-12(16)10-13(15)14(17)18/h12-13,16H,2-11H2,1H3,(H,17,18)/t12?,13-/m0/s1. The number of unbranched alkanes of at least 4 members (excludes halogenated alkanes) is 6. The van der Waals surface area contributed by atoms with Crippen molar-refractivity contribution in [3.8, 4) is 0 Å². The first kappa shape index (κ1) is 15.4. The lowest BCUT2D eigenvalue weighted by molar-refractivity contribution is -0.142. The van der Waals surface area contributed by atoms with E-state index < -0.39 is 18.1 Å². The van der Waals surface area contributed by atoms with Crippen molar-refractivity contribution in [1.82, 2.24) is 4.90 Å². The van der Waals surface area contributed by atoms with E-state index in [1.807, 2.05) is 4.90 Å². The molecule has 1 rings (SSSR count). The van der Waals surface area contributed by atoms with Crippen LogP contribution in [0.5, 0.6) is 0 Å². The summed E-state index contributed by atoms with van der Waals surface area (Å²) in [6, 6.07) is -0.472. The van der Waals surface area contributed by atoms with E-state index in [9.17, 15) is 9.90 Å². The van der Waals surface area contributed by atoms with E-state index in [0.717, 1.165) is 13.0 Å². The molecule has 1 unspecified atom stereocenters. The van der Waals surface area contributed by atoms with E-state index in [1.54, 1.807) is 0 Å². The van der Waals surface area contributed by atoms with Crippen LogP contribution in [-0.4, -0.2) is 46.3 Å². The van der Waals surface area contributed by atoms with Crippen LogP contribution in [0, 0.1) is 0 Å². The quantitative estimate of drug-likeness (QED) is 0.622. The van der Waals surface area contributed by atoms with Gasteiger partial charge in [-0.15, -0.1) is 0 Å². The van der Waals surface area contributed by atoms with E-state index in [-0.39, 0.29) is 0 Å². The highest BCUT2D eigenvalue weighted by molar-refractivity contribution is 5.74. The molecule has 0 aliphatic carbocycles. The number of hydrogen-bond donors (Lipinski definition) is 2. The molecule has 0 spiro atoms. The Kier molecular flexibility index (Phi) is 7.28. The minimum absolute atomic E-state index is 0.381. The summed E-state index contributed by atoms with van der Waals surface area (Å²) >= 11 is 0. The Morgan fingerprint density at radius 3 is 2.39 bits per heavy atom. The summed E-state index contributed by atoms with van der Waals surface area (Å²) in [5.41, 5.74) is 0. The lowest BCUT2D eigenvalue weighted by Crippen LogP contribution is -2.36. The van der Waals surface area contributed by atoms with Crippen LogP contribution in [0.3, 0.4) is 0 Å². The molecule has 0 aromatic heterocycles. The number of nitrogens with zero attached hydrogens (tertiary/aromatic N) is 1. The van der Waals surface area contributed by atoms with Crippen molar-refractivity contribution in [2.24, 2.45) is 0 Å². The average Bonchev–Trinajstić information content (AvgIpc) is 2.69. The van der Waals surface area contributed by atoms with E-state index in [0.29, 0.717) is 13.0 Å². The van der Waals surface area contributed by atoms with Gasteiger partial charge < -0.3 is 10.2 Å². The monoisotopic (exact) mass is 257 g/mol. The molecule has 2 atom stereocenters. The van der Waals surface area contributed by atoms with Gasteiger partial charge in [-0.05, 0) is 13.0 Å². The minimum atomic E-state index is -0.797. The van der Waals surface area contributed by atoms with Crippen LogP contribution in [0.25, 0.3) is 0 Å². The molecule has 0 amide bonds. The molecule has 1 aliphatic rings. The Morgan fingerprint density at radius 1 is 1.17 bits per heavy atom. The highest BCUT2D eigenvalue weighted by atomic mass is 16.4. The maximum Gasteiger partial charge on any atom is 0.321 e. The highest BCUT2D eigenvalue weighted by Gasteiger charge is 2.35. The van der Waals surface area contributed by atoms with Crippen molar-refractivity contribution in [3.05, 3.63) is 0 Å². The number of aliphatic hydroxyl groups is 1. The molecule has 4 heteroatoms. The SMILES string of the molecule is CCCCCCCCCN1CC(O)C[C@H]1C(=O)O. The third-order valence-corrected chi connectivity index (χ3v) is 3.72. The van der Waals surface area contributed by atoms with Gasteiger partial charge in [0.2, 0.25) is 0 Å². The molecule has 1 heterocycles. The molecule has 2 N–H and O–H groups in total. The number of rotatable bonds is 9. The molecule has 0 radical (unpaired) electrons. The molecule has 1 aliphatic heterocycles. The van der Waals surface area contributed by atoms with Gasteiger partial charge in [0, 0.05) is 13.0 Å². The highest BCUT2D eigenvalue weighted by Crippen LogP contribution is 2.19. The Balaban J connectivity index is 2.09. The lowest BCUT2D eigenvalue weighted by Gasteiger charge is -2.20. The van der Waals surface area contributed by atoms with E-state index in [4.69, 9.17) is 5.11 Å². The largest absolute Gasteiger partial charge is 0.480 e. The molecule has 4 nitrogen and oxygen atoms in total. The number of likely N-dealkylation sites (tertiary alicyclic amines) is 1. The summed E-state index contributed by atoms with van der Waals surface area (Å²) in [7, 11) is 0. The minimum Gasteiger partial charge on any atom is -0.480 e. The summed E-state index contributed by atoms with van der Waals surface area (Å²) in [6.07, 6.45) is 8.57. The van der Waals surface area contributed by atoms with Crippen LogP contribution in [-0.2, 0) is 4.79 Å². The molecular weight excluding hydrogens is 230 g/mol. The van der Waals surface area contributed by atoms with Gasteiger partial charge in [0.15, 0.2) is 0 Å². The number of aliphatic carboxylic acids is 1. The number of carbonyl (C=O) groups is 1. The summed E-state index contributed by atoms with van der Waals surface area (Å²) in [4.78, 5) is 12.9. The Bertz CT molecular complexity index is 245. The summed E-state index contributed by atoms with van der Waals surface area (Å²) in [5.74, 6) is -0.797. The Hall–Kier alpha value is -0.610. The Labute approximate surface area is 110 Å². The normalized spacial score (nSPS) is 24.6. The fourth-order valence-corrected chi connectivity index (χ4v) is 2.66. The van der Waals surface area contributed by atoms with Crippen LogP contribution < -0.4 is 0 Å². The van der Waals surface area contributed by atoms with Crippen LogP contribution in [0.15, 0.2) is 0 Å². The van der Waals surface area contributed by atoms with Gasteiger partial charge in [0.25, 0.3) is 0 Å². The zero-order valence-electron chi connectivity index (χ0n) is 11.5. The van der Waals surface area contributed by atoms with Crippen molar-refractivity contribution < 1.29 is 15.0 Å². The molecule has 1 fully saturated rings. The third-order valence-electron chi connectivity index (χ3n) is 3.72. The van der Waals surface area contributed by atoms with Crippen molar-refractivity contribution in [3.63, 3.8) is 0 Å². The van der Waals surface area contributed by atoms with E-state index >= 15 is 0 Å². The maximum absolute atomic E-state index is 11.0. The summed E-state index contributed by atoms with van der Waals surface area (Å²) in [5, 5.41) is 18.6. The van der Waals surface area contributed by atoms with Gasteiger partial charge >= 0.3 is 5.97 Å². The van der Waals surface area contributed by atoms with Gasteiger partial charge in [0.05, 0.1) is 6.10 Å². The van der Waals surface area contributed by atoms with Crippen molar-refractivity contribution in [2.75, 3.05) is 13.1 Å². The maximum atomic E-state index is 11.0. The lowest BCUT2D eigenvalue weighted by atomic mass is 10.1. The first-order valence-corrected chi connectivity index (χ1v) is 7.30. The predicted molar refractivity (Wildman–Crippen MR) is 71.6 cm³/mol. The molecule has 0 saturated carbocycles. The second-order valence-electron chi connectivity index (χ2n) is 5.36. The van der Waals surface area contributed by atoms with Crippen LogP contribution in [0.1, 0.15) is 58.3 Å². The van der Waals surface area contributed by atoms with Gasteiger partial charge in [-0.2, -0.15) is 0 Å². The molecule has 0 bridgehead atoms. The topological polar surface area (TPSA) is 60.8 Å². The van der Waals surface area contributed by atoms with Crippen molar-refractivity contribution in [1.29, 1.82) is 0 Å². The second-order valence-corrected chi connectivity index (χ2v) is 5.36. The molecular formula is C14H27NO3. The fourth-order valence-electron chi connectivity index (χ4n) is 2.66. The second kappa shape index (κ2) is 8.48. The first-order valence-electron chi connectivity index (χ1n) is 7.30. The van der Waals surface area contributed by atoms with Crippen molar-refractivity contribution >= 4 is 5.97 Å². The van der Waals surface area contributed by atoms with Crippen LogP contribution >= 0.6 is 0 Å². The summed E-state index contributed by atoms with van der Waals surface area (Å²) < 4.78 is 0.